The molecule has 0 radical (unpaired) electrons. The number of rotatable bonds is 10. The third-order valence-corrected chi connectivity index (χ3v) is 13.1. The minimum Gasteiger partial charge on any atom is -0.444 e. The molecule has 0 unspecified atom stereocenters. The van der Waals surface area contributed by atoms with Crippen molar-refractivity contribution in [3.8, 4) is 12.3 Å². The molecular formula is C28H43F3O3Si. The molecule has 2 atom stereocenters. The molecule has 0 aliphatic heterocycles. The molecule has 0 N–H and O–H groups in total. The number of terminal acetylenes is 1. The molecule has 0 heterocycles. The van der Waals surface area contributed by atoms with Gasteiger partial charge < -0.3 is 9.16 Å². The zero-order valence-electron chi connectivity index (χ0n) is 22.7. The van der Waals surface area contributed by atoms with Crippen LogP contribution in [-0.2, 0) is 19.4 Å². The minimum absolute atomic E-state index is 0. The van der Waals surface area contributed by atoms with Gasteiger partial charge in [0.15, 0.2) is 11.5 Å². The second kappa shape index (κ2) is 11.3. The van der Waals surface area contributed by atoms with Crippen molar-refractivity contribution < 1.29 is 28.6 Å². The Balaban J connectivity index is 0.0000122. The lowest BCUT2D eigenvalue weighted by Gasteiger charge is -2.47. The van der Waals surface area contributed by atoms with Gasteiger partial charge in [0.2, 0.25) is 8.32 Å². The molecule has 35 heavy (non-hydrogen) atoms. The second-order valence-corrected chi connectivity index (χ2v) is 16.2. The van der Waals surface area contributed by atoms with Gasteiger partial charge in [-0.3, -0.25) is 4.79 Å². The van der Waals surface area contributed by atoms with Gasteiger partial charge in [0.25, 0.3) is 0 Å². The van der Waals surface area contributed by atoms with Crippen LogP contribution < -0.4 is 0 Å². The second-order valence-electron chi connectivity index (χ2n) is 10.9. The van der Waals surface area contributed by atoms with E-state index in [1.165, 1.54) is 24.3 Å². The molecule has 7 heteroatoms. The summed E-state index contributed by atoms with van der Waals surface area (Å²) in [6.45, 7) is 19.3. The van der Waals surface area contributed by atoms with Crippen LogP contribution in [0, 0.1) is 12.3 Å². The zero-order valence-corrected chi connectivity index (χ0v) is 23.7. The van der Waals surface area contributed by atoms with Crippen LogP contribution in [-0.4, -0.2) is 32.2 Å². The number of hydrogen-bond acceptors (Lipinski definition) is 3. The summed E-state index contributed by atoms with van der Waals surface area (Å²) in [6.07, 6.45) is 1.26. The molecule has 0 saturated carbocycles. The van der Waals surface area contributed by atoms with E-state index in [0.29, 0.717) is 22.2 Å². The SMILES string of the molecule is C#C[C@H](OC(=O)[C@@](C)(c1ccccc1)C(F)(F)F)/C(C)=C/C(C)(C)O[Si](C(C)C)(C(C)C)C(C)C.[HH]. The molecule has 3 nitrogen and oxygen atoms in total. The van der Waals surface area contributed by atoms with E-state index in [0.717, 1.165) is 6.92 Å². The van der Waals surface area contributed by atoms with E-state index in [9.17, 15) is 18.0 Å². The average molecular weight is 513 g/mol. The van der Waals surface area contributed by atoms with Crippen molar-refractivity contribution in [3.63, 3.8) is 0 Å². The molecule has 0 bridgehead atoms. The number of alkyl halides is 3. The largest absolute Gasteiger partial charge is 0.444 e. The third-order valence-electron chi connectivity index (χ3n) is 6.84. The van der Waals surface area contributed by atoms with Crippen molar-refractivity contribution in [3.05, 3.63) is 47.5 Å². The van der Waals surface area contributed by atoms with Crippen molar-refractivity contribution in [1.29, 1.82) is 0 Å². The number of carbonyl (C=O) groups is 1. The van der Waals surface area contributed by atoms with Crippen molar-refractivity contribution in [2.45, 2.75) is 109 Å². The van der Waals surface area contributed by atoms with Gasteiger partial charge in [-0.15, -0.1) is 6.42 Å². The van der Waals surface area contributed by atoms with E-state index in [1.807, 2.05) is 13.8 Å². The van der Waals surface area contributed by atoms with Crippen LogP contribution in [0.3, 0.4) is 0 Å². The molecule has 0 aromatic heterocycles. The highest BCUT2D eigenvalue weighted by Crippen LogP contribution is 2.45. The number of ether oxygens (including phenoxy) is 1. The van der Waals surface area contributed by atoms with Gasteiger partial charge in [0, 0.05) is 1.43 Å². The van der Waals surface area contributed by atoms with Gasteiger partial charge >= 0.3 is 12.1 Å². The Labute approximate surface area is 212 Å². The predicted molar refractivity (Wildman–Crippen MR) is 141 cm³/mol. The summed E-state index contributed by atoms with van der Waals surface area (Å²) in [4.78, 5) is 13.0. The highest BCUT2D eigenvalue weighted by atomic mass is 28.4. The summed E-state index contributed by atoms with van der Waals surface area (Å²) < 4.78 is 54.5. The van der Waals surface area contributed by atoms with Crippen molar-refractivity contribution in [2.75, 3.05) is 0 Å². The fourth-order valence-electron chi connectivity index (χ4n) is 5.11. The average Bonchev–Trinajstić information content (AvgIpc) is 2.73. The van der Waals surface area contributed by atoms with Gasteiger partial charge in [0.05, 0.1) is 5.60 Å². The maximum atomic E-state index is 14.1. The van der Waals surface area contributed by atoms with Crippen molar-refractivity contribution >= 4 is 14.3 Å². The van der Waals surface area contributed by atoms with Crippen molar-refractivity contribution in [1.82, 2.24) is 0 Å². The fourth-order valence-corrected chi connectivity index (χ4v) is 10.8. The molecule has 0 saturated heterocycles. The lowest BCUT2D eigenvalue weighted by molar-refractivity contribution is -0.206. The van der Waals surface area contributed by atoms with Gasteiger partial charge in [-0.05, 0) is 55.5 Å². The molecular weight excluding hydrogens is 469 g/mol. The Kier molecular flexibility index (Phi) is 10.0. The highest BCUT2D eigenvalue weighted by Gasteiger charge is 2.59. The van der Waals surface area contributed by atoms with Gasteiger partial charge in [0.1, 0.15) is 0 Å². The topological polar surface area (TPSA) is 35.5 Å². The molecule has 1 aromatic rings. The van der Waals surface area contributed by atoms with E-state index in [2.05, 4.69) is 47.5 Å². The Morgan fingerprint density at radius 2 is 1.46 bits per heavy atom. The summed E-state index contributed by atoms with van der Waals surface area (Å²) in [7, 11) is -2.26. The zero-order chi connectivity index (χ0) is 27.4. The van der Waals surface area contributed by atoms with Crippen molar-refractivity contribution in [2.24, 2.45) is 0 Å². The number of benzene rings is 1. The van der Waals surface area contributed by atoms with Crippen LogP contribution >= 0.6 is 0 Å². The lowest BCUT2D eigenvalue weighted by atomic mass is 9.81. The molecule has 1 aromatic carbocycles. The Morgan fingerprint density at radius 3 is 1.83 bits per heavy atom. The third kappa shape index (κ3) is 6.59. The highest BCUT2D eigenvalue weighted by molar-refractivity contribution is 6.77. The van der Waals surface area contributed by atoms with Crippen LogP contribution in [0.2, 0.25) is 16.6 Å². The maximum Gasteiger partial charge on any atom is 0.408 e. The first kappa shape index (κ1) is 31.0. The molecule has 0 aliphatic carbocycles. The molecule has 1 rings (SSSR count). The maximum absolute atomic E-state index is 14.1. The normalized spacial score (nSPS) is 16.3. The van der Waals surface area contributed by atoms with Crippen LogP contribution in [0.5, 0.6) is 0 Å². The van der Waals surface area contributed by atoms with E-state index in [-0.39, 0.29) is 6.99 Å². The number of hydrogen-bond donors (Lipinski definition) is 0. The summed E-state index contributed by atoms with van der Waals surface area (Å²) in [6, 6.07) is 7.00. The lowest BCUT2D eigenvalue weighted by Crippen LogP contribution is -2.52. The number of halogens is 3. The fraction of sp³-hybridized carbons (Fsp3) is 0.607. The standard InChI is InChI=1S/C28H41F3O3Si.H2/c1-12-24(33-25(32)27(11,28(29,30)31)23-16-14-13-15-17-23)22(8)18-26(9,10)34-35(19(2)3,20(4)5)21(6)7;/h1,13-21,24H,2-11H3;1H/b22-18+;/t24-,27+;/m0./s1. The Morgan fingerprint density at radius 1 is 1.00 bits per heavy atom. The Hall–Kier alpha value is -2.04. The summed E-state index contributed by atoms with van der Waals surface area (Å²) in [5.41, 5.74) is -2.35. The molecule has 0 spiro atoms. The van der Waals surface area contributed by atoms with E-state index in [1.54, 1.807) is 19.1 Å². The first-order valence-electron chi connectivity index (χ1n) is 12.1. The minimum atomic E-state index is -4.87. The quantitative estimate of drug-likeness (QED) is 0.137. The molecule has 198 valence electrons. The monoisotopic (exact) mass is 512 g/mol. The Bertz CT molecular complexity index is 912. The first-order valence-corrected chi connectivity index (χ1v) is 14.2. The summed E-state index contributed by atoms with van der Waals surface area (Å²) in [5.74, 6) is 0.895. The van der Waals surface area contributed by atoms with Crippen LogP contribution in [0.25, 0.3) is 0 Å². The van der Waals surface area contributed by atoms with Crippen LogP contribution in [0.4, 0.5) is 13.2 Å². The first-order chi connectivity index (χ1) is 15.9. The molecule has 0 fully saturated rings. The van der Waals surface area contributed by atoms with Crippen LogP contribution in [0.1, 0.15) is 76.2 Å². The molecule has 0 amide bonds. The van der Waals surface area contributed by atoms with Gasteiger partial charge in [-0.2, -0.15) is 13.2 Å². The number of esters is 1. The van der Waals surface area contributed by atoms with Gasteiger partial charge in [-0.1, -0.05) is 83.9 Å². The van der Waals surface area contributed by atoms with Gasteiger partial charge in [-0.25, -0.2) is 0 Å². The predicted octanol–water partition coefficient (Wildman–Crippen LogP) is 8.21. The van der Waals surface area contributed by atoms with Crippen LogP contribution in [0.15, 0.2) is 42.0 Å². The summed E-state index contributed by atoms with van der Waals surface area (Å²) in [5, 5.41) is 0. The smallest absolute Gasteiger partial charge is 0.408 e. The number of carbonyl (C=O) groups excluding carboxylic acids is 1. The van der Waals surface area contributed by atoms with E-state index >= 15 is 0 Å². The van der Waals surface area contributed by atoms with E-state index in [4.69, 9.17) is 15.6 Å². The van der Waals surface area contributed by atoms with E-state index < -0.39 is 37.6 Å². The summed E-state index contributed by atoms with van der Waals surface area (Å²) >= 11 is 0. The molecule has 0 aliphatic rings.